The highest BCUT2D eigenvalue weighted by molar-refractivity contribution is 7.80. The average Bonchev–Trinajstić information content (AvgIpc) is 3.10. The topological polar surface area (TPSA) is 77.4 Å². The van der Waals surface area contributed by atoms with Crippen molar-refractivity contribution in [3.8, 4) is 17.3 Å². The maximum Gasteiger partial charge on any atom is 0.338 e. The third-order valence-electron chi connectivity index (χ3n) is 5.07. The lowest BCUT2D eigenvalue weighted by Crippen LogP contribution is -2.45. The first kappa shape index (κ1) is 21.6. The third-order valence-corrected chi connectivity index (χ3v) is 5.29. The summed E-state index contributed by atoms with van der Waals surface area (Å²) >= 11 is 5.40. The van der Waals surface area contributed by atoms with E-state index in [1.165, 1.54) is 0 Å². The van der Waals surface area contributed by atoms with Crippen molar-refractivity contribution in [3.05, 3.63) is 83.2 Å². The van der Waals surface area contributed by atoms with Crippen molar-refractivity contribution in [2.45, 2.75) is 26.8 Å². The van der Waals surface area contributed by atoms with Gasteiger partial charge >= 0.3 is 5.97 Å². The Labute approximate surface area is 192 Å². The molecule has 164 valence electrons. The molecule has 2 N–H and O–H groups in total. The summed E-state index contributed by atoms with van der Waals surface area (Å²) < 4.78 is 13.4. The fraction of sp³-hybridized carbons (Fsp3) is 0.208. The second-order valence-electron chi connectivity index (χ2n) is 7.26. The molecule has 1 aromatic heterocycles. The Morgan fingerprint density at radius 2 is 1.75 bits per heavy atom. The van der Waals surface area contributed by atoms with E-state index in [9.17, 15) is 4.79 Å². The van der Waals surface area contributed by atoms with Gasteiger partial charge in [0.15, 0.2) is 5.11 Å². The van der Waals surface area contributed by atoms with Gasteiger partial charge in [-0.2, -0.15) is 5.10 Å². The van der Waals surface area contributed by atoms with Gasteiger partial charge in [0, 0.05) is 5.70 Å². The summed E-state index contributed by atoms with van der Waals surface area (Å²) in [6, 6.07) is 18.6. The van der Waals surface area contributed by atoms with Gasteiger partial charge in [0.05, 0.1) is 35.2 Å². The largest absolute Gasteiger partial charge is 0.463 e. The van der Waals surface area contributed by atoms with Gasteiger partial charge in [-0.25, -0.2) is 9.48 Å². The number of nitrogens with one attached hydrogen (secondary N) is 2. The third kappa shape index (κ3) is 4.22. The maximum absolute atomic E-state index is 12.9. The van der Waals surface area contributed by atoms with Gasteiger partial charge in [0.25, 0.3) is 0 Å². The molecular weight excluding hydrogens is 424 g/mol. The molecule has 0 radical (unpaired) electrons. The molecule has 0 fully saturated rings. The Hall–Kier alpha value is -3.65. The molecule has 1 atom stereocenters. The number of hydrogen-bond donors (Lipinski definition) is 2. The zero-order valence-electron chi connectivity index (χ0n) is 18.1. The van der Waals surface area contributed by atoms with Crippen molar-refractivity contribution >= 4 is 23.3 Å². The lowest BCUT2D eigenvalue weighted by molar-refractivity contribution is -0.139. The monoisotopic (exact) mass is 448 g/mol. The number of ether oxygens (including phenoxy) is 2. The van der Waals surface area contributed by atoms with E-state index in [1.54, 1.807) is 18.5 Å². The highest BCUT2D eigenvalue weighted by Crippen LogP contribution is 2.39. The normalized spacial score (nSPS) is 15.7. The van der Waals surface area contributed by atoms with Gasteiger partial charge in [-0.1, -0.05) is 36.4 Å². The highest BCUT2D eigenvalue weighted by Gasteiger charge is 2.36. The maximum atomic E-state index is 12.9. The lowest BCUT2D eigenvalue weighted by Gasteiger charge is -2.30. The van der Waals surface area contributed by atoms with E-state index in [4.69, 9.17) is 26.8 Å². The fourth-order valence-electron chi connectivity index (χ4n) is 3.68. The van der Waals surface area contributed by atoms with Crippen LogP contribution in [0.15, 0.2) is 71.9 Å². The Kier molecular flexibility index (Phi) is 6.23. The molecule has 32 heavy (non-hydrogen) atoms. The Bertz CT molecular complexity index is 1170. The van der Waals surface area contributed by atoms with E-state index in [1.807, 2.05) is 67.6 Å². The molecule has 1 aliphatic rings. The van der Waals surface area contributed by atoms with Gasteiger partial charge < -0.3 is 20.1 Å². The summed E-state index contributed by atoms with van der Waals surface area (Å²) in [5, 5.41) is 11.4. The van der Waals surface area contributed by atoms with E-state index >= 15 is 0 Å². The van der Waals surface area contributed by atoms with Crippen molar-refractivity contribution in [2.75, 3.05) is 6.61 Å². The molecule has 3 aromatic rings. The molecule has 2 aromatic carbocycles. The average molecular weight is 449 g/mol. The molecule has 0 saturated carbocycles. The zero-order chi connectivity index (χ0) is 22.7. The first-order valence-electron chi connectivity index (χ1n) is 10.3. The van der Waals surface area contributed by atoms with Crippen LogP contribution in [-0.2, 0) is 9.53 Å². The highest BCUT2D eigenvalue weighted by atomic mass is 32.1. The molecule has 0 saturated heterocycles. The second kappa shape index (κ2) is 9.23. The van der Waals surface area contributed by atoms with E-state index in [2.05, 4.69) is 10.6 Å². The fourth-order valence-corrected chi connectivity index (χ4v) is 3.95. The quantitative estimate of drug-likeness (QED) is 0.429. The minimum atomic E-state index is -0.584. The summed E-state index contributed by atoms with van der Waals surface area (Å²) in [6.45, 7) is 5.74. The van der Waals surface area contributed by atoms with Crippen LogP contribution in [0.3, 0.4) is 0 Å². The molecule has 1 unspecified atom stereocenters. The minimum absolute atomic E-state index is 0.266. The van der Waals surface area contributed by atoms with Crippen LogP contribution in [-0.4, -0.2) is 27.5 Å². The van der Waals surface area contributed by atoms with Crippen molar-refractivity contribution < 1.29 is 14.3 Å². The van der Waals surface area contributed by atoms with Crippen LogP contribution in [0.4, 0.5) is 0 Å². The standard InChI is InChI=1S/C24H24N4O3S/c1-4-30-23(29)20-15(2)25-24(32)26-21(20)19-16(3)27-28(17-11-7-5-8-12-17)22(19)31-18-13-9-6-10-14-18/h5-14,21H,4H2,1-3H3,(H2,25,26,32). The Balaban J connectivity index is 1.91. The molecule has 1 aliphatic heterocycles. The summed E-state index contributed by atoms with van der Waals surface area (Å²) in [5.74, 6) is 0.729. The molecule has 2 heterocycles. The molecule has 0 spiro atoms. The number of aromatic nitrogens is 2. The van der Waals surface area contributed by atoms with Crippen LogP contribution in [0.1, 0.15) is 31.1 Å². The van der Waals surface area contributed by atoms with Gasteiger partial charge in [-0.15, -0.1) is 0 Å². The minimum Gasteiger partial charge on any atom is -0.463 e. The zero-order valence-corrected chi connectivity index (χ0v) is 18.9. The predicted molar refractivity (Wildman–Crippen MR) is 126 cm³/mol. The number of nitrogens with zero attached hydrogens (tertiary/aromatic N) is 2. The van der Waals surface area contributed by atoms with Crippen molar-refractivity contribution in [1.82, 2.24) is 20.4 Å². The summed E-state index contributed by atoms with van der Waals surface area (Å²) in [4.78, 5) is 12.9. The lowest BCUT2D eigenvalue weighted by atomic mass is 9.95. The second-order valence-corrected chi connectivity index (χ2v) is 7.67. The van der Waals surface area contributed by atoms with Gasteiger partial charge in [0.2, 0.25) is 5.88 Å². The van der Waals surface area contributed by atoms with Crippen LogP contribution in [0.25, 0.3) is 5.69 Å². The number of rotatable bonds is 6. The number of hydrogen-bond acceptors (Lipinski definition) is 5. The van der Waals surface area contributed by atoms with Gasteiger partial charge in [0.1, 0.15) is 5.75 Å². The molecule has 0 aliphatic carbocycles. The molecule has 8 heteroatoms. The summed E-state index contributed by atoms with van der Waals surface area (Å²) in [6.07, 6.45) is 0. The number of aryl methyl sites for hydroxylation is 1. The van der Waals surface area contributed by atoms with Crippen molar-refractivity contribution in [3.63, 3.8) is 0 Å². The number of allylic oxidation sites excluding steroid dienone is 1. The number of para-hydroxylation sites is 2. The van der Waals surface area contributed by atoms with E-state index in [-0.39, 0.29) is 6.61 Å². The number of carbonyl (C=O) groups excluding carboxylic acids is 1. The smallest absolute Gasteiger partial charge is 0.338 e. The molecular formula is C24H24N4O3S. The summed E-state index contributed by atoms with van der Waals surface area (Å²) in [5.41, 5.74) is 3.33. The Morgan fingerprint density at radius 3 is 2.41 bits per heavy atom. The molecule has 0 bridgehead atoms. The molecule has 4 rings (SSSR count). The number of thiocarbonyl (C=S) groups is 1. The van der Waals surface area contributed by atoms with Crippen LogP contribution in [0.5, 0.6) is 11.6 Å². The van der Waals surface area contributed by atoms with E-state index in [0.717, 1.165) is 5.69 Å². The van der Waals surface area contributed by atoms with Crippen LogP contribution in [0, 0.1) is 6.92 Å². The SMILES string of the molecule is CCOC(=O)C1=C(C)NC(=S)NC1c1c(C)nn(-c2ccccc2)c1Oc1ccccc1. The van der Waals surface area contributed by atoms with E-state index in [0.29, 0.717) is 39.3 Å². The molecule has 0 amide bonds. The number of carbonyl (C=O) groups is 1. The van der Waals surface area contributed by atoms with Crippen molar-refractivity contribution in [1.29, 1.82) is 0 Å². The summed E-state index contributed by atoms with van der Waals surface area (Å²) in [7, 11) is 0. The van der Waals surface area contributed by atoms with Crippen LogP contribution in [0.2, 0.25) is 0 Å². The predicted octanol–water partition coefficient (Wildman–Crippen LogP) is 4.33. The number of esters is 1. The van der Waals surface area contributed by atoms with Gasteiger partial charge in [-0.05, 0) is 57.3 Å². The van der Waals surface area contributed by atoms with Gasteiger partial charge in [-0.3, -0.25) is 0 Å². The van der Waals surface area contributed by atoms with Crippen molar-refractivity contribution in [2.24, 2.45) is 0 Å². The van der Waals surface area contributed by atoms with E-state index < -0.39 is 12.0 Å². The first-order valence-corrected chi connectivity index (χ1v) is 10.7. The first-order chi connectivity index (χ1) is 15.5. The van der Waals surface area contributed by atoms with Crippen LogP contribution >= 0.6 is 12.2 Å². The molecule has 7 nitrogen and oxygen atoms in total. The number of benzene rings is 2. The van der Waals surface area contributed by atoms with Crippen LogP contribution < -0.4 is 15.4 Å². The Morgan fingerprint density at radius 1 is 1.09 bits per heavy atom.